The van der Waals surface area contributed by atoms with Gasteiger partial charge in [-0.15, -0.1) is 0 Å². The van der Waals surface area contributed by atoms with Gasteiger partial charge in [0.1, 0.15) is 0 Å². The zero-order chi connectivity index (χ0) is 16.4. The molecule has 2 aliphatic rings. The number of carbonyl (C=O) groups excluding carboxylic acids is 1. The van der Waals surface area contributed by atoms with Crippen molar-refractivity contribution in [1.82, 2.24) is 9.80 Å². The van der Waals surface area contributed by atoms with Crippen molar-refractivity contribution in [3.63, 3.8) is 0 Å². The lowest BCUT2D eigenvalue weighted by atomic mass is 9.75. The lowest BCUT2D eigenvalue weighted by Crippen LogP contribution is -2.66. The van der Waals surface area contributed by atoms with Gasteiger partial charge in [-0.05, 0) is 27.2 Å². The number of hydrogen-bond acceptors (Lipinski definition) is 6. The van der Waals surface area contributed by atoms with Crippen molar-refractivity contribution in [3.8, 4) is 0 Å². The number of Topliss-reactive ketones (excluding diaryl/α,β-unsaturated/α-hetero) is 1. The summed E-state index contributed by atoms with van der Waals surface area (Å²) in [5.74, 6) is -0.0560. The van der Waals surface area contributed by atoms with E-state index < -0.39 is 5.54 Å². The largest absolute Gasteiger partial charge is 0.395 e. The Kier molecular flexibility index (Phi) is 5.37. The molecule has 2 saturated heterocycles. The fourth-order valence-corrected chi connectivity index (χ4v) is 3.84. The molecule has 1 atom stereocenters. The van der Waals surface area contributed by atoms with E-state index in [0.29, 0.717) is 26.0 Å². The molecule has 22 heavy (non-hydrogen) atoms. The predicted octanol–water partition coefficient (Wildman–Crippen LogP) is 0.533. The molecule has 6 nitrogen and oxygen atoms in total. The number of nitrogens with one attached hydrogen (secondary N) is 1. The minimum atomic E-state index is -0.598. The molecule has 2 heterocycles. The Morgan fingerprint density at radius 1 is 1.27 bits per heavy atom. The van der Waals surface area contributed by atoms with Crippen LogP contribution in [0.25, 0.3) is 0 Å². The number of aliphatic hydroxyl groups excluding tert-OH is 1. The third-order valence-corrected chi connectivity index (χ3v) is 4.88. The Hall–Kier alpha value is -0.820. The molecule has 0 aromatic rings. The van der Waals surface area contributed by atoms with E-state index in [0.717, 1.165) is 26.2 Å². The minimum Gasteiger partial charge on any atom is -0.395 e. The third-order valence-electron chi connectivity index (χ3n) is 4.88. The molecule has 0 spiro atoms. The van der Waals surface area contributed by atoms with Crippen LogP contribution in [0.15, 0.2) is 0 Å². The Balaban J connectivity index is 2.19. The van der Waals surface area contributed by atoms with Crippen LogP contribution in [0, 0.1) is 5.41 Å². The van der Waals surface area contributed by atoms with Crippen molar-refractivity contribution in [2.24, 2.45) is 0 Å². The van der Waals surface area contributed by atoms with Crippen molar-refractivity contribution in [2.45, 2.75) is 44.8 Å². The molecule has 1 unspecified atom stereocenters. The number of rotatable bonds is 5. The van der Waals surface area contributed by atoms with Gasteiger partial charge in [0.25, 0.3) is 0 Å². The molecular formula is C16H29N3O3. The topological polar surface area (TPSA) is 76.9 Å². The lowest BCUT2D eigenvalue weighted by Gasteiger charge is -2.52. The van der Waals surface area contributed by atoms with Crippen LogP contribution in [0.5, 0.6) is 0 Å². The highest BCUT2D eigenvalue weighted by atomic mass is 16.5. The van der Waals surface area contributed by atoms with Gasteiger partial charge >= 0.3 is 0 Å². The van der Waals surface area contributed by atoms with Gasteiger partial charge in [0, 0.05) is 45.8 Å². The molecule has 6 heteroatoms. The molecule has 2 N–H and O–H groups in total. The summed E-state index contributed by atoms with van der Waals surface area (Å²) in [5.41, 5.74) is -0.805. The fourth-order valence-electron chi connectivity index (χ4n) is 3.84. The number of aliphatic hydroxyl groups is 1. The summed E-state index contributed by atoms with van der Waals surface area (Å²) in [6, 6.07) is 0. The van der Waals surface area contributed by atoms with Crippen molar-refractivity contribution in [3.05, 3.63) is 0 Å². The average molecular weight is 311 g/mol. The van der Waals surface area contributed by atoms with Gasteiger partial charge in [-0.1, -0.05) is 0 Å². The third kappa shape index (κ3) is 3.56. The number of ether oxygens (including phenoxy) is 1. The zero-order valence-electron chi connectivity index (χ0n) is 14.0. The van der Waals surface area contributed by atoms with E-state index >= 15 is 0 Å². The van der Waals surface area contributed by atoms with E-state index in [1.165, 1.54) is 0 Å². The molecule has 2 fully saturated rings. The Morgan fingerprint density at radius 2 is 1.91 bits per heavy atom. The smallest absolute Gasteiger partial charge is 0.196 e. The van der Waals surface area contributed by atoms with Gasteiger partial charge in [-0.2, -0.15) is 0 Å². The quantitative estimate of drug-likeness (QED) is 0.725. The second-order valence-electron chi connectivity index (χ2n) is 7.07. The monoisotopic (exact) mass is 311 g/mol. The Morgan fingerprint density at radius 3 is 2.41 bits per heavy atom. The molecule has 0 aromatic carbocycles. The van der Waals surface area contributed by atoms with Crippen LogP contribution in [-0.4, -0.2) is 83.5 Å². The first-order valence-electron chi connectivity index (χ1n) is 8.13. The average Bonchev–Trinajstić information content (AvgIpc) is 2.46. The first-order chi connectivity index (χ1) is 10.3. The number of piperazine rings is 1. The normalized spacial score (nSPS) is 30.2. The standard InChI is InChI=1S/C16H29N3O3/c1-13(17)14(21)16(4-11-22-15(2,3)12-16)19-7-5-18(6-8-19)9-10-20/h17,20H,4-12H2,1-3H3. The highest BCUT2D eigenvalue weighted by Gasteiger charge is 2.50. The summed E-state index contributed by atoms with van der Waals surface area (Å²) in [6.07, 6.45) is 1.29. The van der Waals surface area contributed by atoms with Gasteiger partial charge in [0.2, 0.25) is 0 Å². The Bertz CT molecular complexity index is 430. The number of nitrogens with zero attached hydrogens (tertiary/aromatic N) is 2. The summed E-state index contributed by atoms with van der Waals surface area (Å²) >= 11 is 0. The molecule has 126 valence electrons. The SMILES string of the molecule is CC(=N)C(=O)C1(N2CCN(CCO)CC2)CCOC(C)(C)C1. The second kappa shape index (κ2) is 6.74. The summed E-state index contributed by atoms with van der Waals surface area (Å²) in [4.78, 5) is 17.3. The zero-order valence-corrected chi connectivity index (χ0v) is 14.0. The van der Waals surface area contributed by atoms with E-state index in [9.17, 15) is 4.79 Å². The van der Waals surface area contributed by atoms with Gasteiger partial charge in [-0.25, -0.2) is 0 Å². The van der Waals surface area contributed by atoms with Crippen LogP contribution in [0.4, 0.5) is 0 Å². The summed E-state index contributed by atoms with van der Waals surface area (Å²) in [6.45, 7) is 10.4. The number of carbonyl (C=O) groups is 1. The highest BCUT2D eigenvalue weighted by Crippen LogP contribution is 2.38. The molecule has 0 bridgehead atoms. The maximum absolute atomic E-state index is 12.8. The predicted molar refractivity (Wildman–Crippen MR) is 85.5 cm³/mol. The molecule has 0 radical (unpaired) electrons. The van der Waals surface area contributed by atoms with Crippen molar-refractivity contribution in [2.75, 3.05) is 45.9 Å². The van der Waals surface area contributed by atoms with E-state index in [4.69, 9.17) is 15.3 Å². The van der Waals surface area contributed by atoms with Crippen LogP contribution in [0.2, 0.25) is 0 Å². The maximum Gasteiger partial charge on any atom is 0.196 e. The maximum atomic E-state index is 12.8. The van der Waals surface area contributed by atoms with Gasteiger partial charge < -0.3 is 15.3 Å². The first-order valence-corrected chi connectivity index (χ1v) is 8.13. The summed E-state index contributed by atoms with van der Waals surface area (Å²) in [7, 11) is 0. The van der Waals surface area contributed by atoms with E-state index in [1.807, 2.05) is 13.8 Å². The van der Waals surface area contributed by atoms with Crippen LogP contribution >= 0.6 is 0 Å². The molecule has 0 amide bonds. The van der Waals surface area contributed by atoms with Crippen molar-refractivity contribution < 1.29 is 14.6 Å². The highest BCUT2D eigenvalue weighted by molar-refractivity contribution is 6.41. The minimum absolute atomic E-state index is 0.0560. The molecule has 2 aliphatic heterocycles. The number of β-amino-alcohol motifs (C(OH)–C–C–N with tert-alkyl or cyclic N) is 1. The molecule has 0 saturated carbocycles. The van der Waals surface area contributed by atoms with E-state index in [1.54, 1.807) is 6.92 Å². The molecule has 0 aromatic heterocycles. The van der Waals surface area contributed by atoms with Crippen LogP contribution < -0.4 is 0 Å². The van der Waals surface area contributed by atoms with Gasteiger partial charge in [0.15, 0.2) is 5.78 Å². The second-order valence-corrected chi connectivity index (χ2v) is 7.07. The Labute approximate surface area is 132 Å². The molecule has 0 aliphatic carbocycles. The fraction of sp³-hybridized carbons (Fsp3) is 0.875. The van der Waals surface area contributed by atoms with Gasteiger partial charge in [0.05, 0.1) is 23.5 Å². The van der Waals surface area contributed by atoms with Crippen LogP contribution in [-0.2, 0) is 9.53 Å². The molecule has 2 rings (SSSR count). The van der Waals surface area contributed by atoms with Crippen LogP contribution in [0.3, 0.4) is 0 Å². The van der Waals surface area contributed by atoms with Crippen molar-refractivity contribution >= 4 is 11.5 Å². The van der Waals surface area contributed by atoms with E-state index in [2.05, 4.69) is 9.80 Å². The van der Waals surface area contributed by atoms with E-state index in [-0.39, 0.29) is 23.7 Å². The summed E-state index contributed by atoms with van der Waals surface area (Å²) in [5, 5.41) is 16.9. The first kappa shape index (κ1) is 17.5. The van der Waals surface area contributed by atoms with Crippen molar-refractivity contribution in [1.29, 1.82) is 5.41 Å². The number of ketones is 1. The lowest BCUT2D eigenvalue weighted by molar-refractivity contribution is -0.151. The molecular weight excluding hydrogens is 282 g/mol. The van der Waals surface area contributed by atoms with Gasteiger partial charge in [-0.3, -0.25) is 14.6 Å². The van der Waals surface area contributed by atoms with Crippen LogP contribution in [0.1, 0.15) is 33.6 Å². The summed E-state index contributed by atoms with van der Waals surface area (Å²) < 4.78 is 5.81. The number of hydrogen-bond donors (Lipinski definition) is 2.